The summed E-state index contributed by atoms with van der Waals surface area (Å²) in [4.78, 5) is 0. The van der Waals surface area contributed by atoms with Crippen molar-refractivity contribution in [2.75, 3.05) is 0 Å². The van der Waals surface area contributed by atoms with Crippen LogP contribution in [0.25, 0.3) is 0 Å². The molecule has 0 saturated carbocycles. The summed E-state index contributed by atoms with van der Waals surface area (Å²) in [5, 5.41) is 0. The smallest absolute Gasteiger partial charge is 0.0182 e. The molecule has 70 valence electrons. The molecule has 0 heteroatoms. The van der Waals surface area contributed by atoms with Crippen LogP contribution in [0, 0.1) is 5.41 Å². The molecule has 2 rings (SSSR count). The highest BCUT2D eigenvalue weighted by Gasteiger charge is 2.29. The van der Waals surface area contributed by atoms with Gasteiger partial charge in [-0.2, -0.15) is 0 Å². The van der Waals surface area contributed by atoms with Crippen LogP contribution >= 0.6 is 0 Å². The van der Waals surface area contributed by atoms with E-state index in [1.54, 1.807) is 11.1 Å². The first-order valence-corrected chi connectivity index (χ1v) is 5.16. The molecular formula is C13H18. The summed E-state index contributed by atoms with van der Waals surface area (Å²) in [5.74, 6) is 0.736. The Morgan fingerprint density at radius 2 is 1.92 bits per heavy atom. The Hall–Kier alpha value is -0.780. The van der Waals surface area contributed by atoms with Crippen molar-refractivity contribution in [2.24, 2.45) is 5.41 Å². The van der Waals surface area contributed by atoms with Gasteiger partial charge >= 0.3 is 0 Å². The van der Waals surface area contributed by atoms with Crippen LogP contribution in [0.4, 0.5) is 0 Å². The Morgan fingerprint density at radius 1 is 1.23 bits per heavy atom. The van der Waals surface area contributed by atoms with Gasteiger partial charge in [0.1, 0.15) is 0 Å². The van der Waals surface area contributed by atoms with Crippen LogP contribution in [0.5, 0.6) is 0 Å². The average molecular weight is 174 g/mol. The normalized spacial score (nSPS) is 25.3. The lowest BCUT2D eigenvalue weighted by Gasteiger charge is -2.35. The molecule has 13 heavy (non-hydrogen) atoms. The number of rotatable bonds is 0. The summed E-state index contributed by atoms with van der Waals surface area (Å²) >= 11 is 0. The zero-order valence-electron chi connectivity index (χ0n) is 8.80. The van der Waals surface area contributed by atoms with Crippen LogP contribution in [0.1, 0.15) is 44.2 Å². The maximum absolute atomic E-state index is 2.37. The summed E-state index contributed by atoms with van der Waals surface area (Å²) in [6, 6.07) is 8.89. The van der Waals surface area contributed by atoms with Gasteiger partial charge in [0, 0.05) is 0 Å². The molecule has 1 aliphatic carbocycles. The van der Waals surface area contributed by atoms with E-state index in [0.29, 0.717) is 5.41 Å². The van der Waals surface area contributed by atoms with Crippen molar-refractivity contribution in [3.8, 4) is 0 Å². The van der Waals surface area contributed by atoms with Crippen LogP contribution < -0.4 is 0 Å². The molecule has 0 fully saturated rings. The Labute approximate surface area is 81.0 Å². The van der Waals surface area contributed by atoms with E-state index < -0.39 is 0 Å². The fourth-order valence-electron chi connectivity index (χ4n) is 2.70. The van der Waals surface area contributed by atoms with Crippen molar-refractivity contribution in [1.82, 2.24) is 0 Å². The first kappa shape index (κ1) is 8.80. The van der Waals surface area contributed by atoms with E-state index in [-0.39, 0.29) is 0 Å². The predicted molar refractivity (Wildman–Crippen MR) is 57.0 cm³/mol. The minimum Gasteiger partial charge on any atom is -0.0620 e. The number of hydrogen-bond acceptors (Lipinski definition) is 0. The van der Waals surface area contributed by atoms with Gasteiger partial charge in [0.05, 0.1) is 0 Å². The number of benzene rings is 1. The second-order valence-electron chi connectivity index (χ2n) is 5.14. The predicted octanol–water partition coefficient (Wildman–Crippen LogP) is 3.76. The number of hydrogen-bond donors (Lipinski definition) is 0. The van der Waals surface area contributed by atoms with E-state index in [2.05, 4.69) is 45.0 Å². The molecule has 0 radical (unpaired) electrons. The fourth-order valence-corrected chi connectivity index (χ4v) is 2.70. The van der Waals surface area contributed by atoms with E-state index in [0.717, 1.165) is 5.92 Å². The highest BCUT2D eigenvalue weighted by Crippen LogP contribution is 2.41. The topological polar surface area (TPSA) is 0 Å². The Kier molecular flexibility index (Phi) is 1.94. The molecule has 0 aliphatic heterocycles. The molecule has 0 spiro atoms. The average Bonchev–Trinajstić information content (AvgIpc) is 2.02. The minimum absolute atomic E-state index is 0.494. The second-order valence-corrected chi connectivity index (χ2v) is 5.14. The van der Waals surface area contributed by atoms with Crippen LogP contribution in [-0.4, -0.2) is 0 Å². The largest absolute Gasteiger partial charge is 0.0620 e. The molecule has 0 N–H and O–H groups in total. The van der Waals surface area contributed by atoms with Gasteiger partial charge in [-0.25, -0.2) is 0 Å². The van der Waals surface area contributed by atoms with Crippen molar-refractivity contribution < 1.29 is 0 Å². The Balaban J connectivity index is 2.43. The molecule has 1 aliphatic rings. The van der Waals surface area contributed by atoms with Gasteiger partial charge in [-0.15, -0.1) is 0 Å². The molecule has 1 atom stereocenters. The van der Waals surface area contributed by atoms with Gasteiger partial charge in [0.25, 0.3) is 0 Å². The molecule has 1 aromatic rings. The van der Waals surface area contributed by atoms with Gasteiger partial charge in [-0.3, -0.25) is 0 Å². The minimum atomic E-state index is 0.494. The zero-order chi connectivity index (χ0) is 9.47. The van der Waals surface area contributed by atoms with Crippen molar-refractivity contribution >= 4 is 0 Å². The van der Waals surface area contributed by atoms with Crippen molar-refractivity contribution in [2.45, 2.75) is 39.5 Å². The van der Waals surface area contributed by atoms with E-state index in [1.165, 1.54) is 12.8 Å². The summed E-state index contributed by atoms with van der Waals surface area (Å²) in [6.45, 7) is 7.10. The van der Waals surface area contributed by atoms with Crippen molar-refractivity contribution in [1.29, 1.82) is 0 Å². The maximum Gasteiger partial charge on any atom is -0.0182 e. The van der Waals surface area contributed by atoms with E-state index in [1.807, 2.05) is 0 Å². The van der Waals surface area contributed by atoms with Crippen LogP contribution in [0.15, 0.2) is 24.3 Å². The first-order valence-electron chi connectivity index (χ1n) is 5.16. The molecule has 0 aromatic heterocycles. The first-order chi connectivity index (χ1) is 6.08. The summed E-state index contributed by atoms with van der Waals surface area (Å²) < 4.78 is 0. The molecule has 0 nitrogen and oxygen atoms in total. The van der Waals surface area contributed by atoms with Gasteiger partial charge in [-0.05, 0) is 35.3 Å². The van der Waals surface area contributed by atoms with Crippen LogP contribution in [0.2, 0.25) is 0 Å². The molecular weight excluding hydrogens is 156 g/mol. The third-order valence-electron chi connectivity index (χ3n) is 3.11. The van der Waals surface area contributed by atoms with Crippen LogP contribution in [0.3, 0.4) is 0 Å². The zero-order valence-corrected chi connectivity index (χ0v) is 8.80. The van der Waals surface area contributed by atoms with Crippen molar-refractivity contribution in [3.63, 3.8) is 0 Å². The lowest BCUT2D eigenvalue weighted by Crippen LogP contribution is -2.24. The molecule has 0 bridgehead atoms. The quantitative estimate of drug-likeness (QED) is 0.561. The molecule has 0 saturated heterocycles. The van der Waals surface area contributed by atoms with E-state index in [9.17, 15) is 0 Å². The van der Waals surface area contributed by atoms with E-state index in [4.69, 9.17) is 0 Å². The number of fused-ring (bicyclic) bond motifs is 1. The molecule has 0 heterocycles. The molecule has 0 amide bonds. The van der Waals surface area contributed by atoms with E-state index >= 15 is 0 Å². The lowest BCUT2D eigenvalue weighted by molar-refractivity contribution is 0.288. The second kappa shape index (κ2) is 2.87. The highest BCUT2D eigenvalue weighted by atomic mass is 14.3. The maximum atomic E-state index is 2.37. The highest BCUT2D eigenvalue weighted by molar-refractivity contribution is 5.33. The van der Waals surface area contributed by atoms with Gasteiger partial charge < -0.3 is 0 Å². The fraction of sp³-hybridized carbons (Fsp3) is 0.538. The monoisotopic (exact) mass is 174 g/mol. The summed E-state index contributed by atoms with van der Waals surface area (Å²) in [5.41, 5.74) is 3.63. The Morgan fingerprint density at radius 3 is 2.69 bits per heavy atom. The third-order valence-corrected chi connectivity index (χ3v) is 3.11. The third kappa shape index (κ3) is 1.63. The molecule has 1 aromatic carbocycles. The SMILES string of the molecule is CC1CC(C)(C)Cc2ccccc21. The van der Waals surface area contributed by atoms with Crippen molar-refractivity contribution in [3.05, 3.63) is 35.4 Å². The van der Waals surface area contributed by atoms with Gasteiger partial charge in [0.2, 0.25) is 0 Å². The van der Waals surface area contributed by atoms with Crippen LogP contribution in [-0.2, 0) is 6.42 Å². The summed E-state index contributed by atoms with van der Waals surface area (Å²) in [7, 11) is 0. The summed E-state index contributed by atoms with van der Waals surface area (Å²) in [6.07, 6.45) is 2.57. The lowest BCUT2D eigenvalue weighted by atomic mass is 9.70. The van der Waals surface area contributed by atoms with Gasteiger partial charge in [0.15, 0.2) is 0 Å². The Bertz CT molecular complexity index is 310. The molecule has 1 unspecified atom stereocenters. The standard InChI is InChI=1S/C13H18/c1-10-8-13(2,3)9-11-6-4-5-7-12(10)11/h4-7,10H,8-9H2,1-3H3. The van der Waals surface area contributed by atoms with Gasteiger partial charge in [-0.1, -0.05) is 45.0 Å².